The molecule has 0 heterocycles. The quantitative estimate of drug-likeness (QED) is 0.800. The van der Waals surface area contributed by atoms with E-state index < -0.39 is 18.0 Å². The zero-order chi connectivity index (χ0) is 15.3. The Morgan fingerprint density at radius 1 is 1.30 bits per heavy atom. The molecule has 0 radical (unpaired) electrons. The first-order valence-corrected chi connectivity index (χ1v) is 6.60. The molecule has 1 atom stereocenters. The number of amides is 2. The van der Waals surface area contributed by atoms with Crippen LogP contribution in [-0.4, -0.2) is 23.7 Å². The molecule has 0 fully saturated rings. The van der Waals surface area contributed by atoms with E-state index in [2.05, 4.69) is 10.6 Å². The molecular weight excluding hydrogens is 280 g/mol. The third kappa shape index (κ3) is 5.09. The Hall–Kier alpha value is -1.75. The van der Waals surface area contributed by atoms with Crippen molar-refractivity contribution >= 4 is 23.6 Å². The molecular formula is C14H19ClN2O3. The molecule has 0 spiro atoms. The number of hydrogen-bond donors (Lipinski definition) is 3. The average Bonchev–Trinajstić information content (AvgIpc) is 2.33. The third-order valence-electron chi connectivity index (χ3n) is 2.52. The Balaban J connectivity index is 2.77. The van der Waals surface area contributed by atoms with Crippen LogP contribution < -0.4 is 10.6 Å². The molecule has 110 valence electrons. The van der Waals surface area contributed by atoms with Gasteiger partial charge in [-0.15, -0.1) is 0 Å². The van der Waals surface area contributed by atoms with Crippen molar-refractivity contribution in [2.45, 2.75) is 26.8 Å². The highest BCUT2D eigenvalue weighted by molar-refractivity contribution is 6.31. The van der Waals surface area contributed by atoms with Crippen LogP contribution in [0.4, 0.5) is 4.79 Å². The van der Waals surface area contributed by atoms with Gasteiger partial charge in [0.1, 0.15) is 0 Å². The summed E-state index contributed by atoms with van der Waals surface area (Å²) >= 11 is 5.96. The zero-order valence-corrected chi connectivity index (χ0v) is 12.5. The van der Waals surface area contributed by atoms with Gasteiger partial charge in [-0.2, -0.15) is 0 Å². The fourth-order valence-corrected chi connectivity index (χ4v) is 1.75. The molecule has 2 amide bonds. The van der Waals surface area contributed by atoms with Crippen LogP contribution in [0.3, 0.4) is 0 Å². The Morgan fingerprint density at radius 2 is 1.90 bits per heavy atom. The maximum absolute atomic E-state index is 11.8. The monoisotopic (exact) mass is 298 g/mol. The highest BCUT2D eigenvalue weighted by Gasteiger charge is 2.24. The summed E-state index contributed by atoms with van der Waals surface area (Å²) in [5.41, 5.74) is 0.271. The number of benzene rings is 1. The standard InChI is InChI=1S/C14H19ClN2O3/c1-14(2,3)8-16-13(20)17-11(12(18)19)9-6-4-5-7-10(9)15/h4-7,11H,8H2,1-3H3,(H,18,19)(H2,16,17,20)/t11-/m1/s1. The zero-order valence-electron chi connectivity index (χ0n) is 11.7. The summed E-state index contributed by atoms with van der Waals surface area (Å²) in [6, 6.07) is 4.82. The lowest BCUT2D eigenvalue weighted by Crippen LogP contribution is -2.43. The molecule has 1 aromatic carbocycles. The van der Waals surface area contributed by atoms with Gasteiger partial charge < -0.3 is 15.7 Å². The Bertz CT molecular complexity index is 497. The number of rotatable bonds is 4. The van der Waals surface area contributed by atoms with Gasteiger partial charge in [-0.1, -0.05) is 50.6 Å². The van der Waals surface area contributed by atoms with E-state index in [0.29, 0.717) is 17.1 Å². The minimum atomic E-state index is -1.18. The summed E-state index contributed by atoms with van der Waals surface area (Å²) in [6.45, 7) is 6.34. The van der Waals surface area contributed by atoms with Crippen molar-refractivity contribution in [1.82, 2.24) is 10.6 Å². The molecule has 0 aromatic heterocycles. The molecule has 20 heavy (non-hydrogen) atoms. The molecule has 0 aliphatic carbocycles. The van der Waals surface area contributed by atoms with Crippen molar-refractivity contribution in [3.05, 3.63) is 34.9 Å². The van der Waals surface area contributed by atoms with E-state index in [0.717, 1.165) is 0 Å². The average molecular weight is 299 g/mol. The van der Waals surface area contributed by atoms with E-state index in [1.54, 1.807) is 24.3 Å². The van der Waals surface area contributed by atoms with Gasteiger partial charge in [0.25, 0.3) is 0 Å². The van der Waals surface area contributed by atoms with Gasteiger partial charge in [-0.25, -0.2) is 9.59 Å². The van der Waals surface area contributed by atoms with E-state index in [4.69, 9.17) is 11.6 Å². The maximum atomic E-state index is 11.8. The van der Waals surface area contributed by atoms with E-state index in [-0.39, 0.29) is 5.41 Å². The molecule has 0 saturated carbocycles. The van der Waals surface area contributed by atoms with Crippen LogP contribution in [0.15, 0.2) is 24.3 Å². The highest BCUT2D eigenvalue weighted by atomic mass is 35.5. The van der Waals surface area contributed by atoms with Crippen molar-refractivity contribution < 1.29 is 14.7 Å². The Labute approximate surface area is 123 Å². The smallest absolute Gasteiger partial charge is 0.331 e. The summed E-state index contributed by atoms with van der Waals surface area (Å²) in [5, 5.41) is 14.6. The van der Waals surface area contributed by atoms with Crippen LogP contribution in [0.1, 0.15) is 32.4 Å². The molecule has 0 aliphatic heterocycles. The number of urea groups is 1. The number of hydrogen-bond acceptors (Lipinski definition) is 2. The fourth-order valence-electron chi connectivity index (χ4n) is 1.51. The number of carbonyl (C=O) groups is 2. The van der Waals surface area contributed by atoms with Gasteiger partial charge >= 0.3 is 12.0 Å². The minimum Gasteiger partial charge on any atom is -0.479 e. The Morgan fingerprint density at radius 3 is 2.40 bits per heavy atom. The van der Waals surface area contributed by atoms with E-state index in [9.17, 15) is 14.7 Å². The predicted octanol–water partition coefficient (Wildman–Crippen LogP) is 2.81. The molecule has 0 bridgehead atoms. The second-order valence-electron chi connectivity index (χ2n) is 5.68. The fraction of sp³-hybridized carbons (Fsp3) is 0.429. The van der Waals surface area contributed by atoms with Crippen molar-refractivity contribution in [3.8, 4) is 0 Å². The van der Waals surface area contributed by atoms with E-state index in [1.807, 2.05) is 20.8 Å². The molecule has 6 heteroatoms. The van der Waals surface area contributed by atoms with E-state index in [1.165, 1.54) is 0 Å². The SMILES string of the molecule is CC(C)(C)CNC(=O)N[C@@H](C(=O)O)c1ccccc1Cl. The number of carbonyl (C=O) groups excluding carboxylic acids is 1. The van der Waals surface area contributed by atoms with Crippen molar-refractivity contribution in [3.63, 3.8) is 0 Å². The summed E-state index contributed by atoms with van der Waals surface area (Å²) in [6.07, 6.45) is 0. The van der Waals surface area contributed by atoms with Gasteiger partial charge in [-0.3, -0.25) is 0 Å². The van der Waals surface area contributed by atoms with Crippen LogP contribution in [0, 0.1) is 5.41 Å². The highest BCUT2D eigenvalue weighted by Crippen LogP contribution is 2.22. The topological polar surface area (TPSA) is 78.4 Å². The molecule has 3 N–H and O–H groups in total. The lowest BCUT2D eigenvalue weighted by atomic mass is 9.97. The summed E-state index contributed by atoms with van der Waals surface area (Å²) in [7, 11) is 0. The largest absolute Gasteiger partial charge is 0.479 e. The second-order valence-corrected chi connectivity index (χ2v) is 6.09. The summed E-state index contributed by atoms with van der Waals surface area (Å²) < 4.78 is 0. The van der Waals surface area contributed by atoms with Crippen LogP contribution >= 0.6 is 11.6 Å². The minimum absolute atomic E-state index is 0.0829. The lowest BCUT2D eigenvalue weighted by molar-refractivity contribution is -0.139. The number of nitrogens with one attached hydrogen (secondary N) is 2. The normalized spacial score (nSPS) is 12.6. The number of carboxylic acids is 1. The van der Waals surface area contributed by atoms with Crippen molar-refractivity contribution in [2.24, 2.45) is 5.41 Å². The molecule has 5 nitrogen and oxygen atoms in total. The third-order valence-corrected chi connectivity index (χ3v) is 2.86. The number of carboxylic acid groups (broad SMARTS) is 1. The van der Waals surface area contributed by atoms with Crippen LogP contribution in [0.5, 0.6) is 0 Å². The van der Waals surface area contributed by atoms with E-state index >= 15 is 0 Å². The molecule has 0 saturated heterocycles. The maximum Gasteiger partial charge on any atom is 0.331 e. The molecule has 1 aromatic rings. The first-order valence-electron chi connectivity index (χ1n) is 6.22. The van der Waals surface area contributed by atoms with Crippen LogP contribution in [0.2, 0.25) is 5.02 Å². The van der Waals surface area contributed by atoms with Crippen LogP contribution in [0.25, 0.3) is 0 Å². The number of aliphatic carboxylic acids is 1. The van der Waals surface area contributed by atoms with Gasteiger partial charge in [0.2, 0.25) is 0 Å². The summed E-state index contributed by atoms with van der Waals surface area (Å²) in [5.74, 6) is -1.16. The molecule has 0 aliphatic rings. The first kappa shape index (κ1) is 16.3. The van der Waals surface area contributed by atoms with Gasteiger partial charge in [-0.05, 0) is 11.5 Å². The second kappa shape index (κ2) is 6.61. The molecule has 1 rings (SSSR count). The van der Waals surface area contributed by atoms with Gasteiger partial charge in [0.15, 0.2) is 6.04 Å². The summed E-state index contributed by atoms with van der Waals surface area (Å²) in [4.78, 5) is 23.0. The Kier molecular flexibility index (Phi) is 5.39. The lowest BCUT2D eigenvalue weighted by Gasteiger charge is -2.21. The first-order chi connectivity index (χ1) is 9.20. The van der Waals surface area contributed by atoms with Crippen LogP contribution in [-0.2, 0) is 4.79 Å². The van der Waals surface area contributed by atoms with Crippen molar-refractivity contribution in [1.29, 1.82) is 0 Å². The van der Waals surface area contributed by atoms with Gasteiger partial charge in [0.05, 0.1) is 0 Å². The molecule has 0 unspecified atom stereocenters. The van der Waals surface area contributed by atoms with Gasteiger partial charge in [0, 0.05) is 17.1 Å². The number of halogens is 1. The predicted molar refractivity (Wildman–Crippen MR) is 77.8 cm³/mol. The van der Waals surface area contributed by atoms with Crippen molar-refractivity contribution in [2.75, 3.05) is 6.54 Å².